The zero-order valence-electron chi connectivity index (χ0n) is 30.5. The summed E-state index contributed by atoms with van der Waals surface area (Å²) >= 11 is 13.1. The van der Waals surface area contributed by atoms with Crippen molar-refractivity contribution in [3.05, 3.63) is 99.1 Å². The van der Waals surface area contributed by atoms with Gasteiger partial charge in [0.15, 0.2) is 9.84 Å². The Kier molecular flexibility index (Phi) is 19.9. The molecule has 0 amide bonds. The number of rotatable bonds is 10. The van der Waals surface area contributed by atoms with Gasteiger partial charge in [0.05, 0.1) is 28.3 Å². The number of imidazole rings is 1. The highest BCUT2D eigenvalue weighted by Crippen LogP contribution is 2.42. The lowest BCUT2D eigenvalue weighted by Crippen LogP contribution is -2.25. The summed E-state index contributed by atoms with van der Waals surface area (Å²) in [6, 6.07) is 11.7. The molecule has 0 aliphatic heterocycles. The van der Waals surface area contributed by atoms with E-state index in [-0.39, 0.29) is 46.4 Å². The number of sulfone groups is 1. The first-order valence-electron chi connectivity index (χ1n) is 15.3. The molecular formula is C36H48Cl2F2N2O8S. The minimum absolute atomic E-state index is 0.0893. The predicted octanol–water partition coefficient (Wildman–Crippen LogP) is 7.26. The van der Waals surface area contributed by atoms with Gasteiger partial charge in [0, 0.05) is 55.0 Å². The number of halogens is 4. The molecule has 0 bridgehead atoms. The largest absolute Gasteiger partial charge is 0.400 e. The van der Waals surface area contributed by atoms with Crippen LogP contribution in [0.15, 0.2) is 59.6 Å². The fraction of sp³-hybridized carbons (Fsp3) is 0.389. The number of benzene rings is 3. The molecule has 10 nitrogen and oxygen atoms in total. The molecule has 4 rings (SSSR count). The van der Waals surface area contributed by atoms with Crippen molar-refractivity contribution in [1.82, 2.24) is 9.55 Å². The summed E-state index contributed by atoms with van der Waals surface area (Å²) < 4.78 is 67.7. The second-order valence-electron chi connectivity index (χ2n) is 11.2. The van der Waals surface area contributed by atoms with Gasteiger partial charge in [-0.3, -0.25) is 4.57 Å². The van der Waals surface area contributed by atoms with Crippen LogP contribution in [0.1, 0.15) is 64.2 Å². The van der Waals surface area contributed by atoms with Crippen molar-refractivity contribution >= 4 is 39.8 Å². The van der Waals surface area contributed by atoms with Crippen molar-refractivity contribution in [2.75, 3.05) is 34.4 Å². The fourth-order valence-corrected chi connectivity index (χ4v) is 6.68. The van der Waals surface area contributed by atoms with Gasteiger partial charge in [0.1, 0.15) is 36.6 Å². The van der Waals surface area contributed by atoms with Crippen LogP contribution in [0.3, 0.4) is 0 Å². The van der Waals surface area contributed by atoms with Gasteiger partial charge < -0.3 is 29.6 Å². The van der Waals surface area contributed by atoms with E-state index in [0.717, 1.165) is 26.5 Å². The highest BCUT2D eigenvalue weighted by molar-refractivity contribution is 7.90. The second-order valence-corrected chi connectivity index (χ2v) is 14.0. The van der Waals surface area contributed by atoms with Crippen LogP contribution in [0.4, 0.5) is 8.78 Å². The topological polar surface area (TPSA) is 148 Å². The summed E-state index contributed by atoms with van der Waals surface area (Å²) in [6.07, 6.45) is 2.50. The smallest absolute Gasteiger partial charge is 0.176 e. The van der Waals surface area contributed by atoms with Crippen LogP contribution in [0.25, 0.3) is 16.8 Å². The van der Waals surface area contributed by atoms with Gasteiger partial charge in [-0.25, -0.2) is 22.2 Å². The summed E-state index contributed by atoms with van der Waals surface area (Å²) in [5.74, 6) is -1.16. The number of carbonyl (C=O) groups excluding carboxylic acids is 1. The van der Waals surface area contributed by atoms with Crippen molar-refractivity contribution in [1.29, 1.82) is 0 Å². The standard InChI is InChI=1S/C31H32Cl2F2N2O5S.C2H6.2CH4O.CH2O/c1-30(2,28-21(32)8-7-9-22(28)33)29-36-27(31(3,4)38)15-37(29)25-11-10-18(12-24(25)35)19-13-23(34)20(16-42-17-41-5)26(14-19)43(6,39)40;4*1-2/h7-15,38H,16-17H2,1-6H3;1-2H3;2*2H,1H3;1H2. The normalized spacial score (nSPS) is 11.1. The lowest BCUT2D eigenvalue weighted by atomic mass is 9.83. The molecule has 0 unspecified atom stereocenters. The van der Waals surface area contributed by atoms with Gasteiger partial charge >= 0.3 is 0 Å². The van der Waals surface area contributed by atoms with Crippen LogP contribution in [-0.4, -0.2) is 74.5 Å². The van der Waals surface area contributed by atoms with Crippen molar-refractivity contribution in [3.8, 4) is 16.8 Å². The summed E-state index contributed by atoms with van der Waals surface area (Å²) in [7, 11) is -0.475. The third kappa shape index (κ3) is 11.9. The van der Waals surface area contributed by atoms with Crippen LogP contribution < -0.4 is 0 Å². The number of aliphatic hydroxyl groups excluding tert-OH is 2. The Morgan fingerprint density at radius 1 is 0.902 bits per heavy atom. The van der Waals surface area contributed by atoms with E-state index in [1.54, 1.807) is 38.1 Å². The van der Waals surface area contributed by atoms with Gasteiger partial charge in [-0.15, -0.1) is 0 Å². The highest BCUT2D eigenvalue weighted by Gasteiger charge is 2.36. The maximum atomic E-state index is 16.0. The monoisotopic (exact) mass is 776 g/mol. The maximum Gasteiger partial charge on any atom is 0.176 e. The summed E-state index contributed by atoms with van der Waals surface area (Å²) in [4.78, 5) is 12.4. The molecule has 0 aliphatic rings. The zero-order valence-corrected chi connectivity index (χ0v) is 32.8. The van der Waals surface area contributed by atoms with E-state index in [1.807, 2.05) is 34.5 Å². The Hall–Kier alpha value is -3.27. The van der Waals surface area contributed by atoms with Gasteiger partial charge in [-0.2, -0.15) is 0 Å². The Labute approximate surface area is 309 Å². The maximum absolute atomic E-state index is 16.0. The van der Waals surface area contributed by atoms with E-state index in [0.29, 0.717) is 21.4 Å². The number of nitrogens with zero attached hydrogens (tertiary/aromatic N) is 2. The van der Waals surface area contributed by atoms with E-state index in [1.165, 1.54) is 36.1 Å². The molecule has 1 aromatic heterocycles. The van der Waals surface area contributed by atoms with Crippen molar-refractivity contribution in [2.24, 2.45) is 0 Å². The minimum atomic E-state index is -3.86. The van der Waals surface area contributed by atoms with Crippen LogP contribution >= 0.6 is 23.2 Å². The Morgan fingerprint density at radius 3 is 1.90 bits per heavy atom. The van der Waals surface area contributed by atoms with Crippen molar-refractivity contribution in [3.63, 3.8) is 0 Å². The molecule has 1 heterocycles. The number of aliphatic hydroxyl groups is 3. The molecule has 3 N–H and O–H groups in total. The molecule has 0 radical (unpaired) electrons. The third-order valence-electron chi connectivity index (χ3n) is 7.02. The molecular weight excluding hydrogens is 729 g/mol. The average molecular weight is 778 g/mol. The molecule has 51 heavy (non-hydrogen) atoms. The number of methoxy groups -OCH3 is 1. The predicted molar refractivity (Wildman–Crippen MR) is 197 cm³/mol. The number of aromatic nitrogens is 2. The molecule has 15 heteroatoms. The molecule has 284 valence electrons. The van der Waals surface area contributed by atoms with E-state index >= 15 is 8.78 Å². The summed E-state index contributed by atoms with van der Waals surface area (Å²) in [5.41, 5.74) is -1.11. The van der Waals surface area contributed by atoms with Gasteiger partial charge in [0.25, 0.3) is 0 Å². The summed E-state index contributed by atoms with van der Waals surface area (Å²) in [5, 5.41) is 25.6. The number of hydrogen-bond acceptors (Lipinski definition) is 9. The SMILES string of the molecule is C=O.CC.CO.CO.COCOCc1c(F)cc(-c2ccc(-n3cc(C(C)(C)O)nc3C(C)(C)c3c(Cl)cccc3Cl)c(F)c2)cc1S(C)(=O)=O. The molecule has 0 fully saturated rings. The van der Waals surface area contributed by atoms with Gasteiger partial charge in [-0.05, 0) is 75.2 Å². The quantitative estimate of drug-likeness (QED) is 0.112. The van der Waals surface area contributed by atoms with Crippen molar-refractivity contribution < 1.29 is 46.8 Å². The molecule has 3 aromatic carbocycles. The Morgan fingerprint density at radius 2 is 1.43 bits per heavy atom. The van der Waals surface area contributed by atoms with E-state index in [9.17, 15) is 13.5 Å². The molecule has 0 saturated heterocycles. The lowest BCUT2D eigenvalue weighted by molar-refractivity contribution is -0.0980. The van der Waals surface area contributed by atoms with E-state index < -0.39 is 32.5 Å². The fourth-order valence-electron chi connectivity index (χ4n) is 4.86. The lowest BCUT2D eigenvalue weighted by Gasteiger charge is -2.28. The Bertz CT molecular complexity index is 1790. The van der Waals surface area contributed by atoms with Crippen LogP contribution in [0, 0.1) is 11.6 Å². The third-order valence-corrected chi connectivity index (χ3v) is 8.81. The number of hydrogen-bond donors (Lipinski definition) is 3. The minimum Gasteiger partial charge on any atom is -0.400 e. The van der Waals surface area contributed by atoms with E-state index in [4.69, 9.17) is 52.7 Å². The second kappa shape index (κ2) is 21.3. The molecule has 0 saturated carbocycles. The molecule has 0 aliphatic carbocycles. The van der Waals surface area contributed by atoms with Gasteiger partial charge in [-0.1, -0.05) is 49.2 Å². The van der Waals surface area contributed by atoms with Crippen LogP contribution in [0.2, 0.25) is 10.0 Å². The van der Waals surface area contributed by atoms with Crippen molar-refractivity contribution in [2.45, 2.75) is 64.1 Å². The molecule has 0 spiro atoms. The molecule has 4 aromatic rings. The van der Waals surface area contributed by atoms with E-state index in [2.05, 4.69) is 0 Å². The highest BCUT2D eigenvalue weighted by atomic mass is 35.5. The first kappa shape index (κ1) is 47.7. The number of carbonyl (C=O) groups is 1. The number of ether oxygens (including phenoxy) is 2. The van der Waals surface area contributed by atoms with Crippen LogP contribution in [0.5, 0.6) is 0 Å². The van der Waals surface area contributed by atoms with Crippen LogP contribution in [-0.2, 0) is 41.7 Å². The Balaban J connectivity index is 0.00000292. The first-order valence-corrected chi connectivity index (χ1v) is 18.0. The first-order chi connectivity index (χ1) is 24.0. The summed E-state index contributed by atoms with van der Waals surface area (Å²) in [6.45, 7) is 12.3. The van der Waals surface area contributed by atoms with Gasteiger partial charge in [0.2, 0.25) is 0 Å². The molecule has 0 atom stereocenters. The average Bonchev–Trinajstić information content (AvgIpc) is 3.56. The zero-order chi connectivity index (χ0) is 39.9.